The largest absolute Gasteiger partial charge is 0.507 e. The Morgan fingerprint density at radius 1 is 0.812 bits per heavy atom. The minimum absolute atomic E-state index is 0.0233. The van der Waals surface area contributed by atoms with Crippen LogP contribution < -0.4 is 10.7 Å². The van der Waals surface area contributed by atoms with Gasteiger partial charge in [-0.25, -0.2) is 5.43 Å². The van der Waals surface area contributed by atoms with Crippen LogP contribution in [0.5, 0.6) is 5.75 Å². The molecule has 3 rings (SSSR count). The number of benzene rings is 3. The molecule has 0 radical (unpaired) electrons. The van der Waals surface area contributed by atoms with Crippen molar-refractivity contribution in [2.45, 2.75) is 33.1 Å². The van der Waals surface area contributed by atoms with E-state index in [1.165, 1.54) is 0 Å². The van der Waals surface area contributed by atoms with Crippen molar-refractivity contribution in [3.8, 4) is 5.75 Å². The highest BCUT2D eigenvalue weighted by Crippen LogP contribution is 2.22. The predicted octanol–water partition coefficient (Wildman–Crippen LogP) is 5.10. The normalized spacial score (nSPS) is 11.7. The number of para-hydroxylation sites is 1. The number of phenols is 1. The summed E-state index contributed by atoms with van der Waals surface area (Å²) in [5.41, 5.74) is 6.23. The summed E-state index contributed by atoms with van der Waals surface area (Å²) in [5, 5.41) is 16.8. The van der Waals surface area contributed by atoms with E-state index in [0.717, 1.165) is 5.56 Å². The Labute approximate surface area is 188 Å². The molecule has 0 spiro atoms. The zero-order valence-electron chi connectivity index (χ0n) is 18.6. The van der Waals surface area contributed by atoms with Crippen LogP contribution in [0.4, 0.5) is 5.69 Å². The Kier molecular flexibility index (Phi) is 6.73. The molecule has 2 amide bonds. The van der Waals surface area contributed by atoms with Crippen molar-refractivity contribution >= 4 is 23.2 Å². The molecule has 0 heterocycles. The molecule has 0 saturated heterocycles. The van der Waals surface area contributed by atoms with E-state index in [0.29, 0.717) is 28.1 Å². The van der Waals surface area contributed by atoms with Gasteiger partial charge in [0, 0.05) is 22.4 Å². The molecule has 3 aromatic rings. The molecule has 0 aliphatic heterocycles. The molecular formula is C26H27N3O3. The smallest absolute Gasteiger partial charge is 0.271 e. The fraction of sp³-hybridized carbons (Fsp3) is 0.192. The highest BCUT2D eigenvalue weighted by Gasteiger charge is 2.14. The van der Waals surface area contributed by atoms with Crippen LogP contribution in [0.2, 0.25) is 0 Å². The van der Waals surface area contributed by atoms with Gasteiger partial charge in [0.2, 0.25) is 0 Å². The second kappa shape index (κ2) is 9.47. The maximum atomic E-state index is 12.5. The Bertz CT molecular complexity index is 1140. The summed E-state index contributed by atoms with van der Waals surface area (Å²) in [6, 6.07) is 20.8. The Hall–Kier alpha value is -3.93. The average Bonchev–Trinajstić information content (AvgIpc) is 2.77. The number of aromatic hydroxyl groups is 1. The van der Waals surface area contributed by atoms with Gasteiger partial charge in [0.25, 0.3) is 11.8 Å². The number of nitrogens with zero attached hydrogens (tertiary/aromatic N) is 1. The van der Waals surface area contributed by atoms with Gasteiger partial charge in [-0.2, -0.15) is 5.10 Å². The number of carbonyl (C=O) groups excluding carboxylic acids is 2. The van der Waals surface area contributed by atoms with Gasteiger partial charge in [0.15, 0.2) is 0 Å². The molecule has 164 valence electrons. The fourth-order valence-electron chi connectivity index (χ4n) is 3.07. The van der Waals surface area contributed by atoms with Crippen molar-refractivity contribution in [3.63, 3.8) is 0 Å². The molecule has 0 aliphatic carbocycles. The van der Waals surface area contributed by atoms with Crippen molar-refractivity contribution in [1.82, 2.24) is 5.43 Å². The molecule has 0 unspecified atom stereocenters. The predicted molar refractivity (Wildman–Crippen MR) is 127 cm³/mol. The van der Waals surface area contributed by atoms with E-state index < -0.39 is 5.91 Å². The summed E-state index contributed by atoms with van der Waals surface area (Å²) >= 11 is 0. The zero-order valence-corrected chi connectivity index (χ0v) is 18.6. The molecule has 3 aromatic carbocycles. The van der Waals surface area contributed by atoms with Gasteiger partial charge in [0.1, 0.15) is 5.75 Å². The van der Waals surface area contributed by atoms with Crippen LogP contribution in [-0.2, 0) is 5.41 Å². The van der Waals surface area contributed by atoms with E-state index in [1.807, 2.05) is 24.3 Å². The zero-order chi connectivity index (χ0) is 23.3. The summed E-state index contributed by atoms with van der Waals surface area (Å²) in [7, 11) is 0. The van der Waals surface area contributed by atoms with Crippen molar-refractivity contribution in [2.24, 2.45) is 5.10 Å². The number of carbonyl (C=O) groups is 2. The maximum Gasteiger partial charge on any atom is 0.271 e. The Morgan fingerprint density at radius 2 is 1.38 bits per heavy atom. The van der Waals surface area contributed by atoms with Gasteiger partial charge < -0.3 is 10.4 Å². The molecule has 0 atom stereocenters. The monoisotopic (exact) mass is 429 g/mol. The highest BCUT2D eigenvalue weighted by molar-refractivity contribution is 6.05. The van der Waals surface area contributed by atoms with Crippen LogP contribution in [0, 0.1) is 0 Å². The van der Waals surface area contributed by atoms with Gasteiger partial charge >= 0.3 is 0 Å². The molecule has 0 saturated carbocycles. The van der Waals surface area contributed by atoms with Gasteiger partial charge in [-0.3, -0.25) is 9.59 Å². The number of nitrogens with one attached hydrogen (secondary N) is 2. The molecule has 32 heavy (non-hydrogen) atoms. The minimum Gasteiger partial charge on any atom is -0.507 e. The van der Waals surface area contributed by atoms with Crippen LogP contribution in [0.25, 0.3) is 0 Å². The van der Waals surface area contributed by atoms with Crippen LogP contribution in [0.1, 0.15) is 59.5 Å². The summed E-state index contributed by atoms with van der Waals surface area (Å²) < 4.78 is 0. The van der Waals surface area contributed by atoms with Crippen LogP contribution in [0.3, 0.4) is 0 Å². The lowest BCUT2D eigenvalue weighted by atomic mass is 9.87. The lowest BCUT2D eigenvalue weighted by Crippen LogP contribution is -2.19. The summed E-state index contributed by atoms with van der Waals surface area (Å²) in [4.78, 5) is 24.9. The molecule has 0 aliphatic rings. The number of hydrogen-bond donors (Lipinski definition) is 3. The second-order valence-electron chi connectivity index (χ2n) is 8.51. The molecular weight excluding hydrogens is 402 g/mol. The van der Waals surface area contributed by atoms with Crippen LogP contribution >= 0.6 is 0 Å². The lowest BCUT2D eigenvalue weighted by molar-refractivity contribution is 0.0954. The van der Waals surface area contributed by atoms with Crippen molar-refractivity contribution in [3.05, 3.63) is 95.1 Å². The number of anilines is 1. The third kappa shape index (κ3) is 5.60. The Morgan fingerprint density at radius 3 is 1.97 bits per heavy atom. The average molecular weight is 430 g/mol. The quantitative estimate of drug-likeness (QED) is 0.389. The highest BCUT2D eigenvalue weighted by atomic mass is 16.3. The molecule has 6 heteroatoms. The summed E-state index contributed by atoms with van der Waals surface area (Å²) in [6.45, 7) is 8.07. The van der Waals surface area contributed by atoms with Gasteiger partial charge in [0.05, 0.1) is 5.71 Å². The second-order valence-corrected chi connectivity index (χ2v) is 8.51. The first kappa shape index (κ1) is 22.7. The Balaban J connectivity index is 1.62. The first-order chi connectivity index (χ1) is 15.1. The summed E-state index contributed by atoms with van der Waals surface area (Å²) in [6.07, 6.45) is 0. The molecule has 0 fully saturated rings. The standard InChI is InChI=1S/C26H27N3O3/c1-17(22-7-5-6-8-23(22)30)28-29-25(32)19-11-15-21(16-12-19)27-24(31)18-9-13-20(14-10-18)26(2,3)4/h5-16,30H,1-4H3,(H,27,31)(H,29,32). The number of hydrazone groups is 1. The number of rotatable bonds is 5. The van der Waals surface area contributed by atoms with Gasteiger partial charge in [-0.1, -0.05) is 45.0 Å². The van der Waals surface area contributed by atoms with E-state index in [2.05, 4.69) is 36.6 Å². The third-order valence-electron chi connectivity index (χ3n) is 5.04. The fourth-order valence-corrected chi connectivity index (χ4v) is 3.07. The van der Waals surface area contributed by atoms with Gasteiger partial charge in [-0.15, -0.1) is 0 Å². The first-order valence-corrected chi connectivity index (χ1v) is 10.3. The van der Waals surface area contributed by atoms with E-state index in [-0.39, 0.29) is 17.1 Å². The summed E-state index contributed by atoms with van der Waals surface area (Å²) in [5.74, 6) is -0.517. The van der Waals surface area contributed by atoms with E-state index in [4.69, 9.17) is 0 Å². The van der Waals surface area contributed by atoms with E-state index in [1.54, 1.807) is 55.5 Å². The minimum atomic E-state index is -0.393. The van der Waals surface area contributed by atoms with Crippen LogP contribution in [-0.4, -0.2) is 22.6 Å². The SMILES string of the molecule is CC(=NNC(=O)c1ccc(NC(=O)c2ccc(C(C)(C)C)cc2)cc1)c1ccccc1O. The molecule has 6 nitrogen and oxygen atoms in total. The molecule has 3 N–H and O–H groups in total. The van der Waals surface area contributed by atoms with Crippen molar-refractivity contribution < 1.29 is 14.7 Å². The maximum absolute atomic E-state index is 12.5. The topological polar surface area (TPSA) is 90.8 Å². The van der Waals surface area contributed by atoms with Crippen molar-refractivity contribution in [1.29, 1.82) is 0 Å². The van der Waals surface area contributed by atoms with Crippen molar-refractivity contribution in [2.75, 3.05) is 5.32 Å². The number of phenolic OH excluding ortho intramolecular Hbond substituents is 1. The van der Waals surface area contributed by atoms with Crippen LogP contribution in [0.15, 0.2) is 77.9 Å². The number of amides is 2. The first-order valence-electron chi connectivity index (χ1n) is 10.3. The third-order valence-corrected chi connectivity index (χ3v) is 5.04. The molecule has 0 aromatic heterocycles. The lowest BCUT2D eigenvalue weighted by Gasteiger charge is -2.19. The number of hydrogen-bond acceptors (Lipinski definition) is 4. The van der Waals surface area contributed by atoms with E-state index in [9.17, 15) is 14.7 Å². The van der Waals surface area contributed by atoms with E-state index >= 15 is 0 Å². The molecule has 0 bridgehead atoms. The van der Waals surface area contributed by atoms with Gasteiger partial charge in [-0.05, 0) is 66.4 Å².